The molecule has 0 bridgehead atoms. The van der Waals surface area contributed by atoms with Crippen molar-refractivity contribution in [1.29, 1.82) is 0 Å². The molecule has 2 rings (SSSR count). The lowest BCUT2D eigenvalue weighted by Gasteiger charge is -2.19. The number of amides is 1. The number of hydrogen-bond donors (Lipinski definition) is 1. The van der Waals surface area contributed by atoms with Crippen LogP contribution in [0.3, 0.4) is 0 Å². The van der Waals surface area contributed by atoms with Gasteiger partial charge in [0.05, 0.1) is 6.42 Å². The zero-order valence-electron chi connectivity index (χ0n) is 13.0. The van der Waals surface area contributed by atoms with Gasteiger partial charge in [0.25, 0.3) is 0 Å². The smallest absolute Gasteiger partial charge is 0.224 e. The summed E-state index contributed by atoms with van der Waals surface area (Å²) in [6.45, 7) is 7.16. The Bertz CT molecular complexity index is 596. The van der Waals surface area contributed by atoms with Crippen LogP contribution >= 0.6 is 0 Å². The third kappa shape index (κ3) is 4.75. The lowest BCUT2D eigenvalue weighted by Crippen LogP contribution is -2.24. The molecule has 0 radical (unpaired) electrons. The third-order valence-electron chi connectivity index (χ3n) is 3.49. The molecule has 0 aliphatic rings. The maximum atomic E-state index is 12.0. The maximum absolute atomic E-state index is 12.0. The van der Waals surface area contributed by atoms with Crippen LogP contribution in [0.15, 0.2) is 54.6 Å². The van der Waals surface area contributed by atoms with Crippen LogP contribution in [-0.2, 0) is 23.2 Å². The summed E-state index contributed by atoms with van der Waals surface area (Å²) < 4.78 is 0. The Labute approximate surface area is 127 Å². The van der Waals surface area contributed by atoms with Crippen molar-refractivity contribution in [2.45, 2.75) is 39.2 Å². The second-order valence-electron chi connectivity index (χ2n) is 6.39. The molecule has 21 heavy (non-hydrogen) atoms. The molecule has 2 aromatic rings. The normalized spacial score (nSPS) is 11.2. The van der Waals surface area contributed by atoms with Crippen LogP contribution in [0.2, 0.25) is 0 Å². The van der Waals surface area contributed by atoms with Crippen molar-refractivity contribution in [3.63, 3.8) is 0 Å². The number of carbonyl (C=O) groups excluding carboxylic acids is 1. The van der Waals surface area contributed by atoms with E-state index in [4.69, 9.17) is 0 Å². The van der Waals surface area contributed by atoms with Crippen LogP contribution in [0.25, 0.3) is 0 Å². The highest BCUT2D eigenvalue weighted by Crippen LogP contribution is 2.22. The van der Waals surface area contributed by atoms with Crippen molar-refractivity contribution < 1.29 is 4.79 Å². The monoisotopic (exact) mass is 281 g/mol. The van der Waals surface area contributed by atoms with E-state index in [1.807, 2.05) is 30.3 Å². The Kier molecular flexibility index (Phi) is 4.79. The van der Waals surface area contributed by atoms with Crippen LogP contribution in [0.1, 0.15) is 37.5 Å². The largest absolute Gasteiger partial charge is 0.352 e. The zero-order chi connectivity index (χ0) is 15.3. The molecule has 0 spiro atoms. The van der Waals surface area contributed by atoms with E-state index in [2.05, 4.69) is 50.4 Å². The number of nitrogens with one attached hydrogen (secondary N) is 1. The van der Waals surface area contributed by atoms with E-state index in [9.17, 15) is 4.79 Å². The first kappa shape index (κ1) is 15.3. The van der Waals surface area contributed by atoms with E-state index in [0.29, 0.717) is 13.0 Å². The second-order valence-corrected chi connectivity index (χ2v) is 6.39. The van der Waals surface area contributed by atoms with E-state index in [-0.39, 0.29) is 11.3 Å². The van der Waals surface area contributed by atoms with Crippen LogP contribution < -0.4 is 5.32 Å². The van der Waals surface area contributed by atoms with Crippen molar-refractivity contribution in [3.05, 3.63) is 71.3 Å². The van der Waals surface area contributed by atoms with Gasteiger partial charge in [-0.3, -0.25) is 4.79 Å². The Hall–Kier alpha value is -2.09. The number of carbonyl (C=O) groups is 1. The fourth-order valence-electron chi connectivity index (χ4n) is 2.19. The predicted octanol–water partition coefficient (Wildman–Crippen LogP) is 3.84. The first-order valence-corrected chi connectivity index (χ1v) is 7.35. The van der Waals surface area contributed by atoms with Crippen molar-refractivity contribution in [3.8, 4) is 0 Å². The Morgan fingerprint density at radius 3 is 2.29 bits per heavy atom. The second kappa shape index (κ2) is 6.57. The third-order valence-corrected chi connectivity index (χ3v) is 3.49. The molecule has 1 amide bonds. The summed E-state index contributed by atoms with van der Waals surface area (Å²) in [5.41, 5.74) is 3.60. The van der Waals surface area contributed by atoms with Gasteiger partial charge in [0.2, 0.25) is 5.91 Å². The molecule has 0 saturated carbocycles. The highest BCUT2D eigenvalue weighted by Gasteiger charge is 2.13. The molecular formula is C19H23NO. The molecule has 0 aromatic heterocycles. The fraction of sp³-hybridized carbons (Fsp3) is 0.316. The first-order valence-electron chi connectivity index (χ1n) is 7.35. The van der Waals surface area contributed by atoms with Crippen molar-refractivity contribution in [1.82, 2.24) is 5.32 Å². The minimum absolute atomic E-state index is 0.0577. The van der Waals surface area contributed by atoms with Gasteiger partial charge in [-0.25, -0.2) is 0 Å². The average Bonchev–Trinajstić information content (AvgIpc) is 2.46. The van der Waals surface area contributed by atoms with Gasteiger partial charge in [0, 0.05) is 6.54 Å². The summed E-state index contributed by atoms with van der Waals surface area (Å²) in [5.74, 6) is 0.0577. The quantitative estimate of drug-likeness (QED) is 0.906. The van der Waals surface area contributed by atoms with Crippen molar-refractivity contribution in [2.24, 2.45) is 0 Å². The molecule has 0 fully saturated rings. The van der Waals surface area contributed by atoms with Gasteiger partial charge >= 0.3 is 0 Å². The highest BCUT2D eigenvalue weighted by molar-refractivity contribution is 5.78. The van der Waals surface area contributed by atoms with Crippen molar-refractivity contribution in [2.75, 3.05) is 0 Å². The average molecular weight is 281 g/mol. The van der Waals surface area contributed by atoms with Crippen LogP contribution in [-0.4, -0.2) is 5.91 Å². The Balaban J connectivity index is 1.92. The van der Waals surface area contributed by atoms with Gasteiger partial charge in [-0.15, -0.1) is 0 Å². The summed E-state index contributed by atoms with van der Waals surface area (Å²) in [6, 6.07) is 18.2. The summed E-state index contributed by atoms with van der Waals surface area (Å²) in [6.07, 6.45) is 0.430. The maximum Gasteiger partial charge on any atom is 0.224 e. The standard InChI is InChI=1S/C19H23NO/c1-19(2,3)17-11-7-10-16(12-17)14-20-18(21)13-15-8-5-4-6-9-15/h4-12H,13-14H2,1-3H3,(H,20,21). The van der Waals surface area contributed by atoms with E-state index < -0.39 is 0 Å². The molecule has 0 heterocycles. The molecule has 0 unspecified atom stereocenters. The molecular weight excluding hydrogens is 258 g/mol. The summed E-state index contributed by atoms with van der Waals surface area (Å²) >= 11 is 0. The van der Waals surface area contributed by atoms with E-state index in [1.54, 1.807) is 0 Å². The fourth-order valence-corrected chi connectivity index (χ4v) is 2.19. The van der Waals surface area contributed by atoms with Gasteiger partial charge < -0.3 is 5.32 Å². The van der Waals surface area contributed by atoms with Crippen LogP contribution in [0, 0.1) is 0 Å². The Morgan fingerprint density at radius 1 is 0.952 bits per heavy atom. The van der Waals surface area contributed by atoms with Gasteiger partial charge in [0.15, 0.2) is 0 Å². The molecule has 110 valence electrons. The molecule has 2 aromatic carbocycles. The van der Waals surface area contributed by atoms with Gasteiger partial charge in [-0.2, -0.15) is 0 Å². The van der Waals surface area contributed by atoms with E-state index >= 15 is 0 Å². The van der Waals surface area contributed by atoms with Crippen LogP contribution in [0.5, 0.6) is 0 Å². The van der Waals surface area contributed by atoms with E-state index in [1.165, 1.54) is 5.56 Å². The topological polar surface area (TPSA) is 29.1 Å². The van der Waals surface area contributed by atoms with Gasteiger partial charge in [-0.1, -0.05) is 75.4 Å². The molecule has 2 heteroatoms. The Morgan fingerprint density at radius 2 is 1.62 bits per heavy atom. The predicted molar refractivity (Wildman–Crippen MR) is 87.1 cm³/mol. The van der Waals surface area contributed by atoms with E-state index in [0.717, 1.165) is 11.1 Å². The lowest BCUT2D eigenvalue weighted by atomic mass is 9.86. The minimum atomic E-state index is 0.0577. The molecule has 0 aliphatic heterocycles. The minimum Gasteiger partial charge on any atom is -0.352 e. The molecule has 0 aliphatic carbocycles. The summed E-state index contributed by atoms with van der Waals surface area (Å²) in [5, 5.41) is 2.99. The number of hydrogen-bond acceptors (Lipinski definition) is 1. The molecule has 2 nitrogen and oxygen atoms in total. The zero-order valence-corrected chi connectivity index (χ0v) is 13.0. The highest BCUT2D eigenvalue weighted by atomic mass is 16.1. The van der Waals surface area contributed by atoms with Crippen LogP contribution in [0.4, 0.5) is 0 Å². The molecule has 0 saturated heterocycles. The lowest BCUT2D eigenvalue weighted by molar-refractivity contribution is -0.120. The number of benzene rings is 2. The first-order chi connectivity index (χ1) is 9.95. The summed E-state index contributed by atoms with van der Waals surface area (Å²) in [7, 11) is 0. The number of rotatable bonds is 4. The molecule has 0 atom stereocenters. The van der Waals surface area contributed by atoms with Gasteiger partial charge in [0.1, 0.15) is 0 Å². The summed E-state index contributed by atoms with van der Waals surface area (Å²) in [4.78, 5) is 12.0. The molecule has 1 N–H and O–H groups in total. The van der Waals surface area contributed by atoms with Gasteiger partial charge in [-0.05, 0) is 22.1 Å². The van der Waals surface area contributed by atoms with Crippen molar-refractivity contribution >= 4 is 5.91 Å². The SMILES string of the molecule is CC(C)(C)c1cccc(CNC(=O)Cc2ccccc2)c1.